The molecule has 0 unspecified atom stereocenters. The lowest BCUT2D eigenvalue weighted by molar-refractivity contribution is 0.211. The molecule has 2 aromatic rings. The van der Waals surface area contributed by atoms with Crippen LogP contribution in [0.4, 0.5) is 5.13 Å². The molecule has 1 aromatic carbocycles. The highest BCUT2D eigenvalue weighted by Crippen LogP contribution is 2.26. The first kappa shape index (κ1) is 14.0. The maximum absolute atomic E-state index is 5.00. The summed E-state index contributed by atoms with van der Waals surface area (Å²) in [5, 5.41) is 6.28. The van der Waals surface area contributed by atoms with Gasteiger partial charge in [0.05, 0.1) is 12.3 Å². The topological polar surface area (TPSA) is 34.1 Å². The Hall–Kier alpha value is -1.39. The Labute approximate surface area is 118 Å². The number of nitrogens with one attached hydrogen (secondary N) is 1. The molecule has 0 atom stereocenters. The molecule has 0 amide bonds. The molecule has 1 aromatic heterocycles. The van der Waals surface area contributed by atoms with E-state index in [9.17, 15) is 0 Å². The van der Waals surface area contributed by atoms with Crippen molar-refractivity contribution in [2.24, 2.45) is 0 Å². The van der Waals surface area contributed by atoms with Gasteiger partial charge in [-0.1, -0.05) is 38.1 Å². The summed E-state index contributed by atoms with van der Waals surface area (Å²) in [4.78, 5) is 4.58. The largest absolute Gasteiger partial charge is 0.383 e. The highest BCUT2D eigenvalue weighted by atomic mass is 32.1. The fourth-order valence-corrected chi connectivity index (χ4v) is 2.53. The molecule has 0 aliphatic heterocycles. The van der Waals surface area contributed by atoms with Crippen LogP contribution < -0.4 is 5.32 Å². The first-order chi connectivity index (χ1) is 9.20. The molecule has 2 rings (SSSR count). The summed E-state index contributed by atoms with van der Waals surface area (Å²) < 4.78 is 5.00. The van der Waals surface area contributed by atoms with E-state index in [1.165, 1.54) is 11.1 Å². The van der Waals surface area contributed by atoms with Crippen LogP contribution in [0.3, 0.4) is 0 Å². The Morgan fingerprint density at radius 3 is 2.63 bits per heavy atom. The van der Waals surface area contributed by atoms with Gasteiger partial charge < -0.3 is 10.1 Å². The number of hydrogen-bond acceptors (Lipinski definition) is 4. The standard InChI is InChI=1S/C15H20N2OS/c1-11(2)12-4-6-13(7-5-12)14-10-19-15(17-14)16-8-9-18-3/h4-7,10-11H,8-9H2,1-3H3,(H,16,17). The van der Waals surface area contributed by atoms with E-state index in [4.69, 9.17) is 4.74 Å². The van der Waals surface area contributed by atoms with Crippen LogP contribution >= 0.6 is 11.3 Å². The molecule has 0 bridgehead atoms. The third-order valence-corrected chi connectivity index (χ3v) is 3.76. The minimum absolute atomic E-state index is 0.566. The van der Waals surface area contributed by atoms with Crippen molar-refractivity contribution < 1.29 is 4.74 Å². The number of thiazole rings is 1. The van der Waals surface area contributed by atoms with Gasteiger partial charge in [0.1, 0.15) is 0 Å². The van der Waals surface area contributed by atoms with Crippen LogP contribution in [0.2, 0.25) is 0 Å². The highest BCUT2D eigenvalue weighted by Gasteiger charge is 2.05. The van der Waals surface area contributed by atoms with Crippen LogP contribution in [-0.2, 0) is 4.74 Å². The van der Waals surface area contributed by atoms with Crippen molar-refractivity contribution in [2.75, 3.05) is 25.6 Å². The maximum atomic E-state index is 5.00. The van der Waals surface area contributed by atoms with E-state index in [-0.39, 0.29) is 0 Å². The Bertz CT molecular complexity index is 505. The molecule has 0 fully saturated rings. The number of nitrogens with zero attached hydrogens (tertiary/aromatic N) is 1. The van der Waals surface area contributed by atoms with Gasteiger partial charge in [0.2, 0.25) is 0 Å². The van der Waals surface area contributed by atoms with Crippen molar-refractivity contribution in [1.82, 2.24) is 4.98 Å². The van der Waals surface area contributed by atoms with Crippen LogP contribution in [0.5, 0.6) is 0 Å². The molecule has 1 N–H and O–H groups in total. The van der Waals surface area contributed by atoms with E-state index in [1.807, 2.05) is 0 Å². The van der Waals surface area contributed by atoms with Crippen LogP contribution in [0.1, 0.15) is 25.3 Å². The molecule has 19 heavy (non-hydrogen) atoms. The Morgan fingerprint density at radius 2 is 2.00 bits per heavy atom. The number of hydrogen-bond donors (Lipinski definition) is 1. The summed E-state index contributed by atoms with van der Waals surface area (Å²) in [5.41, 5.74) is 3.55. The Kier molecular flexibility index (Phi) is 4.93. The van der Waals surface area contributed by atoms with Crippen molar-refractivity contribution in [3.63, 3.8) is 0 Å². The first-order valence-corrected chi connectivity index (χ1v) is 7.37. The number of aromatic nitrogens is 1. The SMILES string of the molecule is COCCNc1nc(-c2ccc(C(C)C)cc2)cs1. The van der Waals surface area contributed by atoms with E-state index >= 15 is 0 Å². The fraction of sp³-hybridized carbons (Fsp3) is 0.400. The molecule has 0 saturated carbocycles. The van der Waals surface area contributed by atoms with Gasteiger partial charge in [-0.25, -0.2) is 4.98 Å². The molecule has 0 aliphatic rings. The summed E-state index contributed by atoms with van der Waals surface area (Å²) in [7, 11) is 1.70. The third kappa shape index (κ3) is 3.78. The number of anilines is 1. The smallest absolute Gasteiger partial charge is 0.183 e. The van der Waals surface area contributed by atoms with E-state index in [1.54, 1.807) is 18.4 Å². The van der Waals surface area contributed by atoms with Crippen molar-refractivity contribution >= 4 is 16.5 Å². The normalized spacial score (nSPS) is 10.9. The van der Waals surface area contributed by atoms with Crippen molar-refractivity contribution in [2.45, 2.75) is 19.8 Å². The fourth-order valence-electron chi connectivity index (χ4n) is 1.79. The molecule has 3 nitrogen and oxygen atoms in total. The minimum Gasteiger partial charge on any atom is -0.383 e. The number of methoxy groups -OCH3 is 1. The summed E-state index contributed by atoms with van der Waals surface area (Å²) in [5.74, 6) is 0.566. The Balaban J connectivity index is 2.05. The Morgan fingerprint density at radius 1 is 1.26 bits per heavy atom. The van der Waals surface area contributed by atoms with Gasteiger partial charge in [-0.15, -0.1) is 11.3 Å². The zero-order valence-corrected chi connectivity index (χ0v) is 12.5. The summed E-state index contributed by atoms with van der Waals surface area (Å²) in [6, 6.07) is 8.64. The minimum atomic E-state index is 0.566. The molecule has 0 aliphatic carbocycles. The quantitative estimate of drug-likeness (QED) is 0.810. The lowest BCUT2D eigenvalue weighted by Gasteiger charge is -2.05. The summed E-state index contributed by atoms with van der Waals surface area (Å²) in [6.07, 6.45) is 0. The van der Waals surface area contributed by atoms with Gasteiger partial charge in [0, 0.05) is 24.6 Å². The molecule has 0 radical (unpaired) electrons. The van der Waals surface area contributed by atoms with Crippen molar-refractivity contribution in [3.05, 3.63) is 35.2 Å². The number of ether oxygens (including phenoxy) is 1. The number of rotatable bonds is 6. The molecule has 4 heteroatoms. The second kappa shape index (κ2) is 6.68. The van der Waals surface area contributed by atoms with Crippen LogP contribution in [0, 0.1) is 0 Å². The summed E-state index contributed by atoms with van der Waals surface area (Å²) in [6.45, 7) is 5.89. The van der Waals surface area contributed by atoms with Crippen molar-refractivity contribution in [1.29, 1.82) is 0 Å². The zero-order chi connectivity index (χ0) is 13.7. The highest BCUT2D eigenvalue weighted by molar-refractivity contribution is 7.14. The average molecular weight is 276 g/mol. The lowest BCUT2D eigenvalue weighted by Crippen LogP contribution is -2.06. The van der Waals surface area contributed by atoms with E-state index in [0.29, 0.717) is 12.5 Å². The van der Waals surface area contributed by atoms with Gasteiger partial charge in [-0.2, -0.15) is 0 Å². The van der Waals surface area contributed by atoms with Gasteiger partial charge in [-0.3, -0.25) is 0 Å². The van der Waals surface area contributed by atoms with Crippen LogP contribution in [-0.4, -0.2) is 25.2 Å². The molecule has 0 spiro atoms. The predicted octanol–water partition coefficient (Wildman–Crippen LogP) is 3.99. The first-order valence-electron chi connectivity index (χ1n) is 6.49. The van der Waals surface area contributed by atoms with Gasteiger partial charge >= 0.3 is 0 Å². The summed E-state index contributed by atoms with van der Waals surface area (Å²) >= 11 is 1.63. The van der Waals surface area contributed by atoms with Gasteiger partial charge in [0.15, 0.2) is 5.13 Å². The number of benzene rings is 1. The van der Waals surface area contributed by atoms with Gasteiger partial charge in [-0.05, 0) is 11.5 Å². The van der Waals surface area contributed by atoms with Crippen LogP contribution in [0.25, 0.3) is 11.3 Å². The second-order valence-electron chi connectivity index (χ2n) is 4.73. The van der Waals surface area contributed by atoms with E-state index in [2.05, 4.69) is 53.8 Å². The van der Waals surface area contributed by atoms with Gasteiger partial charge in [0.25, 0.3) is 0 Å². The third-order valence-electron chi connectivity index (χ3n) is 2.96. The van der Waals surface area contributed by atoms with E-state index in [0.717, 1.165) is 17.4 Å². The maximum Gasteiger partial charge on any atom is 0.183 e. The molecular formula is C15H20N2OS. The van der Waals surface area contributed by atoms with Crippen LogP contribution in [0.15, 0.2) is 29.6 Å². The van der Waals surface area contributed by atoms with E-state index < -0.39 is 0 Å². The lowest BCUT2D eigenvalue weighted by atomic mass is 10.0. The zero-order valence-electron chi connectivity index (χ0n) is 11.6. The molecule has 0 saturated heterocycles. The molecular weight excluding hydrogens is 256 g/mol. The molecule has 102 valence electrons. The van der Waals surface area contributed by atoms with Crippen molar-refractivity contribution in [3.8, 4) is 11.3 Å². The molecule has 1 heterocycles. The second-order valence-corrected chi connectivity index (χ2v) is 5.59. The predicted molar refractivity (Wildman–Crippen MR) is 82.0 cm³/mol. The monoisotopic (exact) mass is 276 g/mol. The average Bonchev–Trinajstić information content (AvgIpc) is 2.88.